The van der Waals surface area contributed by atoms with E-state index < -0.39 is 11.6 Å². The van der Waals surface area contributed by atoms with E-state index in [2.05, 4.69) is 26.1 Å². The summed E-state index contributed by atoms with van der Waals surface area (Å²) in [4.78, 5) is 0. The van der Waals surface area contributed by atoms with Crippen LogP contribution in [0, 0.1) is 11.6 Å². The van der Waals surface area contributed by atoms with Gasteiger partial charge in [-0.3, -0.25) is 5.10 Å². The van der Waals surface area contributed by atoms with Gasteiger partial charge >= 0.3 is 0 Å². The number of hydrogen-bond acceptors (Lipinski definition) is 2. The third-order valence-corrected chi connectivity index (χ3v) is 2.70. The zero-order valence-corrected chi connectivity index (χ0v) is 8.98. The van der Waals surface area contributed by atoms with Crippen LogP contribution in [-0.4, -0.2) is 10.2 Å². The van der Waals surface area contributed by atoms with E-state index >= 15 is 0 Å². The number of nitrogens with zero attached hydrogens (tertiary/aromatic N) is 1. The standard InChI is InChI=1S/C9H6BrF2N3/c10-7-5(11)2-1-4(8(7)12)9-6(13)3-14-15-9/h1-3H,13H2,(H,14,15). The fourth-order valence-corrected chi connectivity index (χ4v) is 1.58. The molecule has 0 atom stereocenters. The van der Waals surface area contributed by atoms with Gasteiger partial charge < -0.3 is 5.73 Å². The van der Waals surface area contributed by atoms with Crippen LogP contribution < -0.4 is 5.73 Å². The number of nitrogen functional groups attached to an aromatic ring is 1. The normalized spacial score (nSPS) is 10.6. The number of benzene rings is 1. The van der Waals surface area contributed by atoms with E-state index in [9.17, 15) is 8.78 Å². The van der Waals surface area contributed by atoms with E-state index in [0.29, 0.717) is 11.4 Å². The topological polar surface area (TPSA) is 54.7 Å². The summed E-state index contributed by atoms with van der Waals surface area (Å²) in [7, 11) is 0. The zero-order chi connectivity index (χ0) is 11.0. The van der Waals surface area contributed by atoms with Gasteiger partial charge in [0.15, 0.2) is 0 Å². The van der Waals surface area contributed by atoms with Crippen molar-refractivity contribution in [2.75, 3.05) is 5.73 Å². The lowest BCUT2D eigenvalue weighted by Gasteiger charge is -2.04. The molecule has 3 N–H and O–H groups in total. The minimum atomic E-state index is -0.703. The molecule has 0 aliphatic carbocycles. The molecule has 0 radical (unpaired) electrons. The molecule has 0 bridgehead atoms. The molecule has 0 aliphatic heterocycles. The van der Waals surface area contributed by atoms with Crippen LogP contribution >= 0.6 is 15.9 Å². The molecule has 1 aromatic carbocycles. The van der Waals surface area contributed by atoms with Crippen LogP contribution in [0.2, 0.25) is 0 Å². The number of hydrogen-bond donors (Lipinski definition) is 2. The Bertz CT molecular complexity index is 510. The molecule has 0 amide bonds. The molecule has 0 saturated heterocycles. The lowest BCUT2D eigenvalue weighted by Crippen LogP contribution is -1.93. The molecular weight excluding hydrogens is 268 g/mol. The van der Waals surface area contributed by atoms with Crippen molar-refractivity contribution in [2.24, 2.45) is 0 Å². The third-order valence-electron chi connectivity index (χ3n) is 1.97. The molecule has 0 unspecified atom stereocenters. The number of H-pyrrole nitrogens is 1. The Hall–Kier alpha value is -1.43. The number of nitrogens with one attached hydrogen (secondary N) is 1. The van der Waals surface area contributed by atoms with E-state index in [0.717, 1.165) is 6.07 Å². The summed E-state index contributed by atoms with van der Waals surface area (Å²) in [6.45, 7) is 0. The van der Waals surface area contributed by atoms with Crippen molar-refractivity contribution >= 4 is 21.6 Å². The van der Waals surface area contributed by atoms with Gasteiger partial charge in [-0.05, 0) is 28.1 Å². The van der Waals surface area contributed by atoms with Crippen molar-refractivity contribution in [3.05, 3.63) is 34.4 Å². The maximum atomic E-state index is 13.6. The van der Waals surface area contributed by atoms with Crippen molar-refractivity contribution in [3.63, 3.8) is 0 Å². The van der Waals surface area contributed by atoms with Crippen LogP contribution in [-0.2, 0) is 0 Å². The van der Waals surface area contributed by atoms with Gasteiger partial charge in [0.25, 0.3) is 0 Å². The average molecular weight is 274 g/mol. The number of halogens is 3. The summed E-state index contributed by atoms with van der Waals surface area (Å²) in [5, 5.41) is 6.22. The highest BCUT2D eigenvalue weighted by atomic mass is 79.9. The Morgan fingerprint density at radius 3 is 2.67 bits per heavy atom. The van der Waals surface area contributed by atoms with Crippen LogP contribution in [0.3, 0.4) is 0 Å². The van der Waals surface area contributed by atoms with Crippen molar-refractivity contribution in [1.29, 1.82) is 0 Å². The molecule has 1 aromatic heterocycles. The van der Waals surface area contributed by atoms with Crippen LogP contribution in [0.5, 0.6) is 0 Å². The zero-order valence-electron chi connectivity index (χ0n) is 7.39. The number of nitrogens with two attached hydrogens (primary N) is 1. The molecule has 15 heavy (non-hydrogen) atoms. The fraction of sp³-hybridized carbons (Fsp3) is 0. The Labute approximate surface area is 92.4 Å². The first kappa shape index (κ1) is 10.1. The predicted molar refractivity (Wildman–Crippen MR) is 56.1 cm³/mol. The highest BCUT2D eigenvalue weighted by Crippen LogP contribution is 2.31. The Morgan fingerprint density at radius 1 is 1.33 bits per heavy atom. The molecule has 6 heteroatoms. The summed E-state index contributed by atoms with van der Waals surface area (Å²) >= 11 is 2.81. The van der Waals surface area contributed by atoms with E-state index in [1.807, 2.05) is 0 Å². The van der Waals surface area contributed by atoms with Gasteiger partial charge in [0.2, 0.25) is 0 Å². The van der Waals surface area contributed by atoms with E-state index in [4.69, 9.17) is 5.73 Å². The van der Waals surface area contributed by atoms with Crippen LogP contribution in [0.1, 0.15) is 0 Å². The second kappa shape index (κ2) is 3.62. The Morgan fingerprint density at radius 2 is 2.07 bits per heavy atom. The molecule has 78 valence electrons. The van der Waals surface area contributed by atoms with Gasteiger partial charge in [0, 0.05) is 5.56 Å². The summed E-state index contributed by atoms with van der Waals surface area (Å²) in [5.41, 5.74) is 6.39. The molecule has 0 saturated carbocycles. The summed E-state index contributed by atoms with van der Waals surface area (Å²) < 4.78 is 26.4. The number of rotatable bonds is 1. The number of anilines is 1. The van der Waals surface area contributed by atoms with Crippen molar-refractivity contribution in [2.45, 2.75) is 0 Å². The summed E-state index contributed by atoms with van der Waals surface area (Å²) in [6, 6.07) is 2.46. The third kappa shape index (κ3) is 1.61. The first-order valence-electron chi connectivity index (χ1n) is 4.04. The summed E-state index contributed by atoms with van der Waals surface area (Å²) in [5.74, 6) is -1.36. The Kier molecular flexibility index (Phi) is 2.44. The predicted octanol–water partition coefficient (Wildman–Crippen LogP) is 2.70. The smallest absolute Gasteiger partial charge is 0.149 e. The SMILES string of the molecule is Nc1cn[nH]c1-c1ccc(F)c(Br)c1F. The van der Waals surface area contributed by atoms with E-state index in [1.54, 1.807) is 0 Å². The molecule has 0 fully saturated rings. The maximum absolute atomic E-state index is 13.6. The highest BCUT2D eigenvalue weighted by Gasteiger charge is 2.15. The molecule has 2 aromatic rings. The molecule has 0 spiro atoms. The lowest BCUT2D eigenvalue weighted by atomic mass is 10.1. The van der Waals surface area contributed by atoms with Crippen molar-refractivity contribution in [3.8, 4) is 11.3 Å². The van der Waals surface area contributed by atoms with Gasteiger partial charge in [-0.1, -0.05) is 0 Å². The van der Waals surface area contributed by atoms with Crippen LogP contribution in [0.4, 0.5) is 14.5 Å². The summed E-state index contributed by atoms with van der Waals surface area (Å²) in [6.07, 6.45) is 1.37. The molecule has 3 nitrogen and oxygen atoms in total. The second-order valence-electron chi connectivity index (χ2n) is 2.92. The van der Waals surface area contributed by atoms with Crippen molar-refractivity contribution in [1.82, 2.24) is 10.2 Å². The minimum Gasteiger partial charge on any atom is -0.396 e. The van der Waals surface area contributed by atoms with Gasteiger partial charge in [-0.2, -0.15) is 5.10 Å². The Balaban J connectivity index is 2.65. The number of aromatic nitrogens is 2. The van der Waals surface area contributed by atoms with Gasteiger partial charge in [-0.25, -0.2) is 8.78 Å². The van der Waals surface area contributed by atoms with Crippen LogP contribution in [0.25, 0.3) is 11.3 Å². The maximum Gasteiger partial charge on any atom is 0.149 e. The minimum absolute atomic E-state index is 0.179. The lowest BCUT2D eigenvalue weighted by molar-refractivity contribution is 0.574. The quantitative estimate of drug-likeness (QED) is 0.785. The molecule has 0 aliphatic rings. The molecular formula is C9H6BrF2N3. The van der Waals surface area contributed by atoms with Gasteiger partial charge in [0.05, 0.1) is 22.1 Å². The molecule has 2 rings (SSSR count). The van der Waals surface area contributed by atoms with E-state index in [-0.39, 0.29) is 10.0 Å². The van der Waals surface area contributed by atoms with E-state index in [1.165, 1.54) is 12.3 Å². The van der Waals surface area contributed by atoms with Crippen molar-refractivity contribution < 1.29 is 8.78 Å². The monoisotopic (exact) mass is 273 g/mol. The van der Waals surface area contributed by atoms with Gasteiger partial charge in [-0.15, -0.1) is 0 Å². The second-order valence-corrected chi connectivity index (χ2v) is 3.72. The first-order valence-corrected chi connectivity index (χ1v) is 4.83. The van der Waals surface area contributed by atoms with Gasteiger partial charge in [0.1, 0.15) is 11.6 Å². The molecule has 1 heterocycles. The van der Waals surface area contributed by atoms with Crippen LogP contribution in [0.15, 0.2) is 22.8 Å². The fourth-order valence-electron chi connectivity index (χ4n) is 1.23. The highest BCUT2D eigenvalue weighted by molar-refractivity contribution is 9.10. The number of aromatic amines is 1. The largest absolute Gasteiger partial charge is 0.396 e. The first-order chi connectivity index (χ1) is 7.11. The average Bonchev–Trinajstić information content (AvgIpc) is 2.62.